The third-order valence-corrected chi connectivity index (χ3v) is 3.82. The van der Waals surface area contributed by atoms with Gasteiger partial charge in [-0.3, -0.25) is 4.79 Å². The summed E-state index contributed by atoms with van der Waals surface area (Å²) < 4.78 is 5.42. The van der Waals surface area contributed by atoms with Gasteiger partial charge < -0.3 is 15.8 Å². The van der Waals surface area contributed by atoms with Crippen molar-refractivity contribution < 1.29 is 9.53 Å². The summed E-state index contributed by atoms with van der Waals surface area (Å²) in [6, 6.07) is 8.23. The molecule has 19 heavy (non-hydrogen) atoms. The Kier molecular flexibility index (Phi) is 4.56. The first-order chi connectivity index (χ1) is 9.19. The summed E-state index contributed by atoms with van der Waals surface area (Å²) in [6.07, 6.45) is 1.46. The number of hydrogen-bond acceptors (Lipinski definition) is 3. The number of carbonyl (C=O) groups is 1. The third-order valence-electron chi connectivity index (χ3n) is 3.82. The fraction of sp³-hybridized carbons (Fsp3) is 0.533. The molecule has 1 aromatic rings. The van der Waals surface area contributed by atoms with Gasteiger partial charge in [-0.25, -0.2) is 0 Å². The van der Waals surface area contributed by atoms with Crippen LogP contribution >= 0.6 is 0 Å². The predicted octanol–water partition coefficient (Wildman–Crippen LogP) is 1.12. The monoisotopic (exact) mass is 262 g/mol. The first kappa shape index (κ1) is 14.0. The topological polar surface area (TPSA) is 64.4 Å². The predicted molar refractivity (Wildman–Crippen MR) is 75.0 cm³/mol. The number of hydrogen-bond donors (Lipinski definition) is 2. The summed E-state index contributed by atoms with van der Waals surface area (Å²) in [4.78, 5) is 12.5. The largest absolute Gasteiger partial charge is 0.381 e. The van der Waals surface area contributed by atoms with Crippen LogP contribution in [0.5, 0.6) is 0 Å². The van der Waals surface area contributed by atoms with Crippen LogP contribution in [0.25, 0.3) is 0 Å². The first-order valence-corrected chi connectivity index (χ1v) is 6.82. The molecule has 4 heteroatoms. The molecule has 1 aliphatic heterocycles. The molecule has 0 atom stereocenters. The molecule has 0 aromatic heterocycles. The average Bonchev–Trinajstić information content (AvgIpc) is 2.46. The second-order valence-electron chi connectivity index (χ2n) is 5.11. The SMILES string of the molecule is Cc1ccc(C2(C(=O)NCCN)CCOCC2)cc1. The second kappa shape index (κ2) is 6.17. The van der Waals surface area contributed by atoms with E-state index in [1.165, 1.54) is 5.56 Å². The number of ether oxygens (including phenoxy) is 1. The summed E-state index contributed by atoms with van der Waals surface area (Å²) in [5.74, 6) is 0.0742. The van der Waals surface area contributed by atoms with Crippen LogP contribution in [-0.2, 0) is 14.9 Å². The number of carbonyl (C=O) groups excluding carboxylic acids is 1. The zero-order valence-electron chi connectivity index (χ0n) is 11.4. The van der Waals surface area contributed by atoms with Gasteiger partial charge in [0.2, 0.25) is 5.91 Å². The van der Waals surface area contributed by atoms with Crippen LogP contribution in [0.2, 0.25) is 0 Å². The Bertz CT molecular complexity index is 422. The van der Waals surface area contributed by atoms with Crippen LogP contribution in [0.15, 0.2) is 24.3 Å². The van der Waals surface area contributed by atoms with E-state index in [0.29, 0.717) is 26.3 Å². The zero-order chi connectivity index (χ0) is 13.7. The quantitative estimate of drug-likeness (QED) is 0.854. The summed E-state index contributed by atoms with van der Waals surface area (Å²) in [5, 5.41) is 2.94. The van der Waals surface area contributed by atoms with Gasteiger partial charge >= 0.3 is 0 Å². The summed E-state index contributed by atoms with van der Waals surface area (Å²) in [6.45, 7) is 4.29. The Labute approximate surface area is 114 Å². The summed E-state index contributed by atoms with van der Waals surface area (Å²) in [5.41, 5.74) is 7.29. The van der Waals surface area contributed by atoms with Crippen molar-refractivity contribution in [3.8, 4) is 0 Å². The first-order valence-electron chi connectivity index (χ1n) is 6.82. The molecule has 0 spiro atoms. The molecular weight excluding hydrogens is 240 g/mol. The summed E-state index contributed by atoms with van der Waals surface area (Å²) in [7, 11) is 0. The Morgan fingerprint density at radius 2 is 1.95 bits per heavy atom. The standard InChI is InChI=1S/C15H22N2O2/c1-12-2-4-13(5-3-12)15(6-10-19-11-7-15)14(18)17-9-8-16/h2-5H,6-11,16H2,1H3,(H,17,18). The molecule has 1 heterocycles. The molecule has 0 radical (unpaired) electrons. The van der Waals surface area contributed by atoms with Gasteiger partial charge in [-0.2, -0.15) is 0 Å². The van der Waals surface area contributed by atoms with Crippen LogP contribution in [0.4, 0.5) is 0 Å². The Hall–Kier alpha value is -1.39. The van der Waals surface area contributed by atoms with E-state index in [2.05, 4.69) is 36.5 Å². The van der Waals surface area contributed by atoms with Crippen LogP contribution in [0.3, 0.4) is 0 Å². The van der Waals surface area contributed by atoms with Crippen molar-refractivity contribution >= 4 is 5.91 Å². The van der Waals surface area contributed by atoms with Crippen molar-refractivity contribution in [3.05, 3.63) is 35.4 Å². The fourth-order valence-corrected chi connectivity index (χ4v) is 2.59. The molecule has 1 saturated heterocycles. The van der Waals surface area contributed by atoms with Crippen LogP contribution in [-0.4, -0.2) is 32.2 Å². The van der Waals surface area contributed by atoms with Gasteiger partial charge in [-0.05, 0) is 25.3 Å². The smallest absolute Gasteiger partial charge is 0.230 e. The van der Waals surface area contributed by atoms with Gasteiger partial charge in [0.05, 0.1) is 5.41 Å². The zero-order valence-corrected chi connectivity index (χ0v) is 11.4. The van der Waals surface area contributed by atoms with Crippen molar-refractivity contribution in [1.29, 1.82) is 0 Å². The van der Waals surface area contributed by atoms with E-state index in [1.54, 1.807) is 0 Å². The lowest BCUT2D eigenvalue weighted by Crippen LogP contribution is -2.49. The minimum absolute atomic E-state index is 0.0742. The van der Waals surface area contributed by atoms with Crippen LogP contribution in [0.1, 0.15) is 24.0 Å². The van der Waals surface area contributed by atoms with E-state index in [4.69, 9.17) is 10.5 Å². The highest BCUT2D eigenvalue weighted by molar-refractivity contribution is 5.88. The highest BCUT2D eigenvalue weighted by atomic mass is 16.5. The number of benzene rings is 1. The average molecular weight is 262 g/mol. The van der Waals surface area contributed by atoms with E-state index in [-0.39, 0.29) is 5.91 Å². The van der Waals surface area contributed by atoms with Crippen molar-refractivity contribution in [2.75, 3.05) is 26.3 Å². The minimum atomic E-state index is -0.457. The van der Waals surface area contributed by atoms with E-state index >= 15 is 0 Å². The molecule has 3 N–H and O–H groups in total. The van der Waals surface area contributed by atoms with E-state index in [1.807, 2.05) is 0 Å². The molecule has 1 aliphatic rings. The van der Waals surface area contributed by atoms with Crippen LogP contribution < -0.4 is 11.1 Å². The number of rotatable bonds is 4. The molecule has 1 fully saturated rings. The third kappa shape index (κ3) is 2.96. The van der Waals surface area contributed by atoms with E-state index < -0.39 is 5.41 Å². The Balaban J connectivity index is 2.28. The maximum atomic E-state index is 12.5. The molecule has 4 nitrogen and oxygen atoms in total. The number of nitrogens with two attached hydrogens (primary N) is 1. The minimum Gasteiger partial charge on any atom is -0.381 e. The van der Waals surface area contributed by atoms with Gasteiger partial charge in [-0.1, -0.05) is 29.8 Å². The van der Waals surface area contributed by atoms with Gasteiger partial charge in [0, 0.05) is 26.3 Å². The van der Waals surface area contributed by atoms with Gasteiger partial charge in [0.1, 0.15) is 0 Å². The number of nitrogens with one attached hydrogen (secondary N) is 1. The van der Waals surface area contributed by atoms with Crippen molar-refractivity contribution in [2.45, 2.75) is 25.2 Å². The lowest BCUT2D eigenvalue weighted by atomic mass is 9.73. The highest BCUT2D eigenvalue weighted by Crippen LogP contribution is 2.35. The van der Waals surface area contributed by atoms with E-state index in [9.17, 15) is 4.79 Å². The van der Waals surface area contributed by atoms with Crippen molar-refractivity contribution in [2.24, 2.45) is 5.73 Å². The fourth-order valence-electron chi connectivity index (χ4n) is 2.59. The van der Waals surface area contributed by atoms with E-state index in [0.717, 1.165) is 18.4 Å². The lowest BCUT2D eigenvalue weighted by molar-refractivity contribution is -0.130. The Morgan fingerprint density at radius 1 is 1.32 bits per heavy atom. The molecule has 0 saturated carbocycles. The van der Waals surface area contributed by atoms with Crippen molar-refractivity contribution in [1.82, 2.24) is 5.32 Å². The maximum absolute atomic E-state index is 12.5. The number of amides is 1. The molecule has 0 bridgehead atoms. The highest BCUT2D eigenvalue weighted by Gasteiger charge is 2.41. The van der Waals surface area contributed by atoms with Gasteiger partial charge in [0.15, 0.2) is 0 Å². The molecule has 2 rings (SSSR count). The molecular formula is C15H22N2O2. The van der Waals surface area contributed by atoms with Crippen molar-refractivity contribution in [3.63, 3.8) is 0 Å². The number of aryl methyl sites for hydroxylation is 1. The molecule has 0 unspecified atom stereocenters. The molecule has 1 amide bonds. The normalized spacial score (nSPS) is 18.0. The second-order valence-corrected chi connectivity index (χ2v) is 5.11. The maximum Gasteiger partial charge on any atom is 0.230 e. The van der Waals surface area contributed by atoms with Gasteiger partial charge in [0.25, 0.3) is 0 Å². The van der Waals surface area contributed by atoms with Gasteiger partial charge in [-0.15, -0.1) is 0 Å². The molecule has 0 aliphatic carbocycles. The van der Waals surface area contributed by atoms with Crippen LogP contribution in [0, 0.1) is 6.92 Å². The lowest BCUT2D eigenvalue weighted by Gasteiger charge is -2.36. The summed E-state index contributed by atoms with van der Waals surface area (Å²) >= 11 is 0. The Morgan fingerprint density at radius 3 is 2.53 bits per heavy atom. The molecule has 104 valence electrons. The molecule has 1 aromatic carbocycles.